The second-order valence-corrected chi connectivity index (χ2v) is 8.35. The summed E-state index contributed by atoms with van der Waals surface area (Å²) in [5.74, 6) is 0.0497. The zero-order valence-corrected chi connectivity index (χ0v) is 17.5. The predicted molar refractivity (Wildman–Crippen MR) is 117 cm³/mol. The highest BCUT2D eigenvalue weighted by atomic mass is 16.2. The number of amides is 3. The first-order chi connectivity index (χ1) is 14.4. The van der Waals surface area contributed by atoms with Crippen molar-refractivity contribution >= 4 is 29.1 Å². The molecule has 4 rings (SSSR count). The molecule has 1 N–H and O–H groups in total. The molecule has 1 unspecified atom stereocenters. The second kappa shape index (κ2) is 8.30. The third-order valence-electron chi connectivity index (χ3n) is 5.85. The van der Waals surface area contributed by atoms with E-state index in [1.165, 1.54) is 17.0 Å². The predicted octanol–water partition coefficient (Wildman–Crippen LogP) is 3.86. The number of benzene rings is 2. The van der Waals surface area contributed by atoms with Gasteiger partial charge in [-0.3, -0.25) is 19.3 Å². The number of anilines is 2. The summed E-state index contributed by atoms with van der Waals surface area (Å²) >= 11 is 0. The number of carbonyl (C=O) groups excluding carboxylic acids is 3. The van der Waals surface area contributed by atoms with Crippen molar-refractivity contribution in [2.75, 3.05) is 29.9 Å². The van der Waals surface area contributed by atoms with Gasteiger partial charge in [-0.05, 0) is 62.1 Å². The van der Waals surface area contributed by atoms with E-state index in [1.54, 1.807) is 12.1 Å². The van der Waals surface area contributed by atoms with Crippen LogP contribution in [0.1, 0.15) is 52.5 Å². The molecule has 0 spiro atoms. The van der Waals surface area contributed by atoms with Crippen molar-refractivity contribution in [2.45, 2.75) is 33.1 Å². The lowest BCUT2D eigenvalue weighted by Crippen LogP contribution is -2.31. The van der Waals surface area contributed by atoms with Gasteiger partial charge < -0.3 is 10.2 Å². The van der Waals surface area contributed by atoms with Gasteiger partial charge in [0.2, 0.25) is 5.91 Å². The molecule has 0 bridgehead atoms. The molecular weight excluding hydrogens is 378 g/mol. The van der Waals surface area contributed by atoms with Crippen molar-refractivity contribution < 1.29 is 14.4 Å². The zero-order valence-electron chi connectivity index (χ0n) is 17.5. The Labute approximate surface area is 176 Å². The lowest BCUT2D eigenvalue weighted by atomic mass is 10.1. The van der Waals surface area contributed by atoms with E-state index in [1.807, 2.05) is 37.3 Å². The topological polar surface area (TPSA) is 69.7 Å². The maximum Gasteiger partial charge on any atom is 0.261 e. The Balaban J connectivity index is 1.26. The number of rotatable bonds is 6. The van der Waals surface area contributed by atoms with Crippen LogP contribution in [0.2, 0.25) is 0 Å². The van der Waals surface area contributed by atoms with Crippen molar-refractivity contribution in [2.24, 2.45) is 5.92 Å². The standard InChI is InChI=1S/C24H27N3O3/c1-16-5-10-20-21(14-16)24(30)27(23(20)29)12-3-4-22(28)25-18-6-8-19(9-7-18)26-13-11-17(2)15-26/h5-10,14,17H,3-4,11-13,15H2,1-2H3,(H,25,28). The maximum atomic E-state index is 12.5. The van der Waals surface area contributed by atoms with Crippen molar-refractivity contribution in [1.82, 2.24) is 4.90 Å². The van der Waals surface area contributed by atoms with Crippen molar-refractivity contribution in [1.29, 1.82) is 0 Å². The minimum absolute atomic E-state index is 0.120. The van der Waals surface area contributed by atoms with Crippen molar-refractivity contribution in [3.8, 4) is 0 Å². The molecule has 2 aliphatic heterocycles. The molecule has 3 amide bonds. The first-order valence-corrected chi connectivity index (χ1v) is 10.5. The third-order valence-corrected chi connectivity index (χ3v) is 5.85. The van der Waals surface area contributed by atoms with E-state index in [9.17, 15) is 14.4 Å². The van der Waals surface area contributed by atoms with Crippen LogP contribution in [0.5, 0.6) is 0 Å². The zero-order chi connectivity index (χ0) is 21.3. The number of nitrogens with one attached hydrogen (secondary N) is 1. The smallest absolute Gasteiger partial charge is 0.261 e. The molecule has 0 aromatic heterocycles. The molecule has 1 fully saturated rings. The van der Waals surface area contributed by atoms with E-state index in [2.05, 4.69) is 17.1 Å². The summed E-state index contributed by atoms with van der Waals surface area (Å²) in [4.78, 5) is 40.8. The summed E-state index contributed by atoms with van der Waals surface area (Å²) in [6.07, 6.45) is 1.89. The third kappa shape index (κ3) is 4.08. The van der Waals surface area contributed by atoms with Gasteiger partial charge in [0.25, 0.3) is 11.8 Å². The highest BCUT2D eigenvalue weighted by Crippen LogP contribution is 2.26. The van der Waals surface area contributed by atoms with Gasteiger partial charge in [0.15, 0.2) is 0 Å². The Morgan fingerprint density at radius 3 is 2.50 bits per heavy atom. The van der Waals surface area contributed by atoms with E-state index in [4.69, 9.17) is 0 Å². The molecule has 156 valence electrons. The molecule has 6 heteroatoms. The second-order valence-electron chi connectivity index (χ2n) is 8.35. The van der Waals surface area contributed by atoms with Gasteiger partial charge in [-0.2, -0.15) is 0 Å². The summed E-state index contributed by atoms with van der Waals surface area (Å²) < 4.78 is 0. The normalized spacial score (nSPS) is 18.1. The molecule has 1 atom stereocenters. The molecule has 0 saturated carbocycles. The Morgan fingerprint density at radius 2 is 1.80 bits per heavy atom. The van der Waals surface area contributed by atoms with Gasteiger partial charge in [0, 0.05) is 37.4 Å². The fourth-order valence-electron chi connectivity index (χ4n) is 4.15. The van der Waals surface area contributed by atoms with Gasteiger partial charge in [-0.25, -0.2) is 0 Å². The van der Waals surface area contributed by atoms with E-state index < -0.39 is 0 Å². The summed E-state index contributed by atoms with van der Waals surface area (Å²) in [6.45, 7) is 6.54. The molecule has 0 radical (unpaired) electrons. The van der Waals surface area contributed by atoms with E-state index in [-0.39, 0.29) is 30.7 Å². The number of nitrogens with zero attached hydrogens (tertiary/aromatic N) is 2. The van der Waals surface area contributed by atoms with Crippen LogP contribution in [0.15, 0.2) is 42.5 Å². The molecule has 2 aromatic carbocycles. The van der Waals surface area contributed by atoms with Crippen LogP contribution >= 0.6 is 0 Å². The minimum Gasteiger partial charge on any atom is -0.371 e. The van der Waals surface area contributed by atoms with Gasteiger partial charge in [0.1, 0.15) is 0 Å². The van der Waals surface area contributed by atoms with E-state index >= 15 is 0 Å². The van der Waals surface area contributed by atoms with Gasteiger partial charge in [-0.15, -0.1) is 0 Å². The van der Waals surface area contributed by atoms with Crippen molar-refractivity contribution in [3.05, 3.63) is 59.2 Å². The summed E-state index contributed by atoms with van der Waals surface area (Å²) in [7, 11) is 0. The number of hydrogen-bond donors (Lipinski definition) is 1. The average Bonchev–Trinajstić information content (AvgIpc) is 3.25. The largest absolute Gasteiger partial charge is 0.371 e. The van der Waals surface area contributed by atoms with Crippen LogP contribution in [-0.2, 0) is 4.79 Å². The fraction of sp³-hybridized carbons (Fsp3) is 0.375. The van der Waals surface area contributed by atoms with Crippen LogP contribution in [0, 0.1) is 12.8 Å². The van der Waals surface area contributed by atoms with Gasteiger partial charge >= 0.3 is 0 Å². The van der Waals surface area contributed by atoms with Crippen molar-refractivity contribution in [3.63, 3.8) is 0 Å². The highest BCUT2D eigenvalue weighted by molar-refractivity contribution is 6.21. The van der Waals surface area contributed by atoms with E-state index in [0.717, 1.165) is 30.3 Å². The Bertz CT molecular complexity index is 984. The maximum absolute atomic E-state index is 12.5. The van der Waals surface area contributed by atoms with Crippen LogP contribution in [0.4, 0.5) is 11.4 Å². The Kier molecular flexibility index (Phi) is 5.57. The van der Waals surface area contributed by atoms with Gasteiger partial charge in [-0.1, -0.05) is 18.6 Å². The lowest BCUT2D eigenvalue weighted by molar-refractivity contribution is -0.116. The minimum atomic E-state index is -0.276. The summed E-state index contributed by atoms with van der Waals surface area (Å²) in [6, 6.07) is 13.2. The number of fused-ring (bicyclic) bond motifs is 1. The SMILES string of the molecule is Cc1ccc2c(c1)C(=O)N(CCCC(=O)Nc1ccc(N3CCC(C)C3)cc1)C2=O. The van der Waals surface area contributed by atoms with Crippen LogP contribution in [0.3, 0.4) is 0 Å². The number of imide groups is 1. The quantitative estimate of drug-likeness (QED) is 0.741. The van der Waals surface area contributed by atoms with Crippen LogP contribution in [0.25, 0.3) is 0 Å². The van der Waals surface area contributed by atoms with Gasteiger partial charge in [0.05, 0.1) is 11.1 Å². The summed E-state index contributed by atoms with van der Waals surface area (Å²) in [5.41, 5.74) is 3.78. The molecule has 2 aliphatic rings. The fourth-order valence-corrected chi connectivity index (χ4v) is 4.15. The number of carbonyl (C=O) groups is 3. The average molecular weight is 405 g/mol. The Morgan fingerprint density at radius 1 is 1.07 bits per heavy atom. The molecular formula is C24H27N3O3. The molecule has 6 nitrogen and oxygen atoms in total. The lowest BCUT2D eigenvalue weighted by Gasteiger charge is -2.18. The molecule has 1 saturated heterocycles. The monoisotopic (exact) mass is 405 g/mol. The molecule has 2 heterocycles. The highest BCUT2D eigenvalue weighted by Gasteiger charge is 2.34. The van der Waals surface area contributed by atoms with Crippen LogP contribution in [-0.4, -0.2) is 42.3 Å². The first kappa shape index (κ1) is 20.1. The molecule has 30 heavy (non-hydrogen) atoms. The van der Waals surface area contributed by atoms with Crippen LogP contribution < -0.4 is 10.2 Å². The molecule has 2 aromatic rings. The first-order valence-electron chi connectivity index (χ1n) is 10.5. The number of aryl methyl sites for hydroxylation is 1. The summed E-state index contributed by atoms with van der Waals surface area (Å²) in [5, 5.41) is 2.90. The number of hydrogen-bond acceptors (Lipinski definition) is 4. The Hall–Kier alpha value is -3.15. The van der Waals surface area contributed by atoms with E-state index in [0.29, 0.717) is 17.5 Å². The molecule has 0 aliphatic carbocycles.